The van der Waals surface area contributed by atoms with Crippen LogP contribution in [0.15, 0.2) is 51.6 Å². The average Bonchev–Trinajstić information content (AvgIpc) is 2.84. The number of carbonyl (C=O) groups excluding carboxylic acids is 1. The molecule has 2 rings (SSSR count). The molecule has 0 aliphatic heterocycles. The Morgan fingerprint density at radius 3 is 2.70 bits per heavy atom. The molecule has 0 saturated carbocycles. The van der Waals surface area contributed by atoms with Crippen molar-refractivity contribution in [3.8, 4) is 0 Å². The second-order valence-corrected chi connectivity index (χ2v) is 4.64. The van der Waals surface area contributed by atoms with E-state index in [1.54, 1.807) is 36.4 Å². The Hall–Kier alpha value is -2.34. The molecular formula is C14H10BrNO4. The number of hydrogen-bond acceptors (Lipinski definition) is 3. The quantitative estimate of drug-likeness (QED) is 0.839. The van der Waals surface area contributed by atoms with Crippen molar-refractivity contribution in [2.24, 2.45) is 0 Å². The van der Waals surface area contributed by atoms with Crippen LogP contribution in [-0.4, -0.2) is 17.0 Å². The van der Waals surface area contributed by atoms with Crippen LogP contribution in [0.5, 0.6) is 0 Å². The fourth-order valence-corrected chi connectivity index (χ4v) is 1.82. The summed E-state index contributed by atoms with van der Waals surface area (Å²) in [5.41, 5.74) is 1.22. The van der Waals surface area contributed by atoms with E-state index in [9.17, 15) is 9.59 Å². The SMILES string of the molecule is O=C(O)/C=C/c1cccc(NC(=O)c2ccc(Br)o2)c1. The Bertz CT molecular complexity index is 675. The molecular weight excluding hydrogens is 326 g/mol. The predicted molar refractivity (Wildman–Crippen MR) is 77.5 cm³/mol. The van der Waals surface area contributed by atoms with E-state index in [4.69, 9.17) is 9.52 Å². The molecule has 2 N–H and O–H groups in total. The predicted octanol–water partition coefficient (Wildman–Crippen LogP) is 3.39. The number of carbonyl (C=O) groups is 2. The number of amides is 1. The van der Waals surface area contributed by atoms with Crippen LogP contribution in [0.4, 0.5) is 5.69 Å². The number of furan rings is 1. The van der Waals surface area contributed by atoms with Crippen LogP contribution in [-0.2, 0) is 4.79 Å². The number of anilines is 1. The lowest BCUT2D eigenvalue weighted by molar-refractivity contribution is -0.131. The number of rotatable bonds is 4. The Kier molecular flexibility index (Phi) is 4.37. The van der Waals surface area contributed by atoms with Crippen molar-refractivity contribution in [2.75, 3.05) is 5.32 Å². The molecule has 2 aromatic rings. The second-order valence-electron chi connectivity index (χ2n) is 3.85. The third kappa shape index (κ3) is 3.83. The zero-order chi connectivity index (χ0) is 14.5. The smallest absolute Gasteiger partial charge is 0.328 e. The molecule has 0 atom stereocenters. The summed E-state index contributed by atoms with van der Waals surface area (Å²) in [5, 5.41) is 11.2. The fraction of sp³-hybridized carbons (Fsp3) is 0. The standard InChI is InChI=1S/C14H10BrNO4/c15-12-6-5-11(20-12)14(19)16-10-3-1-2-9(8-10)4-7-13(17)18/h1-8H,(H,16,19)(H,17,18)/b7-4+. The molecule has 0 aliphatic carbocycles. The van der Waals surface area contributed by atoms with Gasteiger partial charge in [0.1, 0.15) is 0 Å². The molecule has 0 unspecified atom stereocenters. The van der Waals surface area contributed by atoms with E-state index in [2.05, 4.69) is 21.2 Å². The van der Waals surface area contributed by atoms with Crippen molar-refractivity contribution in [1.82, 2.24) is 0 Å². The zero-order valence-electron chi connectivity index (χ0n) is 10.2. The Labute approximate surface area is 123 Å². The molecule has 20 heavy (non-hydrogen) atoms. The summed E-state index contributed by atoms with van der Waals surface area (Å²) in [6.45, 7) is 0. The topological polar surface area (TPSA) is 79.5 Å². The number of benzene rings is 1. The van der Waals surface area contributed by atoms with Gasteiger partial charge in [-0.05, 0) is 51.8 Å². The Morgan fingerprint density at radius 1 is 1.25 bits per heavy atom. The van der Waals surface area contributed by atoms with Crippen molar-refractivity contribution in [2.45, 2.75) is 0 Å². The number of halogens is 1. The molecule has 0 radical (unpaired) electrons. The van der Waals surface area contributed by atoms with Gasteiger partial charge in [-0.1, -0.05) is 12.1 Å². The summed E-state index contributed by atoms with van der Waals surface area (Å²) in [5.74, 6) is -1.22. The lowest BCUT2D eigenvalue weighted by Gasteiger charge is -2.04. The molecule has 1 heterocycles. The molecule has 6 heteroatoms. The van der Waals surface area contributed by atoms with Crippen LogP contribution in [0.1, 0.15) is 16.1 Å². The first-order valence-corrected chi connectivity index (χ1v) is 6.41. The van der Waals surface area contributed by atoms with Gasteiger partial charge >= 0.3 is 5.97 Å². The summed E-state index contributed by atoms with van der Waals surface area (Å²) in [6, 6.07) is 9.99. The van der Waals surface area contributed by atoms with Gasteiger partial charge in [0.15, 0.2) is 10.4 Å². The van der Waals surface area contributed by atoms with Gasteiger partial charge in [0, 0.05) is 11.8 Å². The first-order valence-electron chi connectivity index (χ1n) is 5.62. The van der Waals surface area contributed by atoms with Crippen LogP contribution in [0.3, 0.4) is 0 Å². The minimum absolute atomic E-state index is 0.184. The molecule has 0 saturated heterocycles. The van der Waals surface area contributed by atoms with E-state index < -0.39 is 5.97 Å². The van der Waals surface area contributed by atoms with Gasteiger partial charge < -0.3 is 14.8 Å². The summed E-state index contributed by atoms with van der Waals surface area (Å²) in [4.78, 5) is 22.3. The lowest BCUT2D eigenvalue weighted by Crippen LogP contribution is -2.10. The maximum Gasteiger partial charge on any atom is 0.328 e. The Morgan fingerprint density at radius 2 is 2.05 bits per heavy atom. The van der Waals surface area contributed by atoms with Crippen molar-refractivity contribution in [3.05, 3.63) is 58.5 Å². The third-order valence-electron chi connectivity index (χ3n) is 2.36. The highest BCUT2D eigenvalue weighted by Gasteiger charge is 2.10. The van der Waals surface area contributed by atoms with E-state index in [1.807, 2.05) is 0 Å². The largest absolute Gasteiger partial charge is 0.478 e. The number of hydrogen-bond donors (Lipinski definition) is 2. The van der Waals surface area contributed by atoms with Gasteiger partial charge in [-0.3, -0.25) is 4.79 Å². The van der Waals surface area contributed by atoms with Crippen molar-refractivity contribution in [1.29, 1.82) is 0 Å². The highest BCUT2D eigenvalue weighted by atomic mass is 79.9. The minimum atomic E-state index is -1.03. The maximum atomic E-state index is 11.9. The molecule has 0 fully saturated rings. The third-order valence-corrected chi connectivity index (χ3v) is 2.79. The normalized spacial score (nSPS) is 10.7. The molecule has 0 aliphatic rings. The average molecular weight is 336 g/mol. The highest BCUT2D eigenvalue weighted by Crippen LogP contribution is 2.17. The van der Waals surface area contributed by atoms with Crippen LogP contribution in [0.2, 0.25) is 0 Å². The summed E-state index contributed by atoms with van der Waals surface area (Å²) in [7, 11) is 0. The number of aliphatic carboxylic acids is 1. The first-order chi connectivity index (χ1) is 9.54. The van der Waals surface area contributed by atoms with Crippen LogP contribution in [0, 0.1) is 0 Å². The van der Waals surface area contributed by atoms with Crippen molar-refractivity contribution >= 4 is 39.6 Å². The van der Waals surface area contributed by atoms with E-state index in [1.165, 1.54) is 6.08 Å². The van der Waals surface area contributed by atoms with E-state index in [0.717, 1.165) is 6.08 Å². The molecule has 1 aromatic heterocycles. The molecule has 1 amide bonds. The van der Waals surface area contributed by atoms with Gasteiger partial charge in [0.05, 0.1) is 0 Å². The van der Waals surface area contributed by atoms with E-state index in [0.29, 0.717) is 15.9 Å². The maximum absolute atomic E-state index is 11.9. The summed E-state index contributed by atoms with van der Waals surface area (Å²) in [6.07, 6.45) is 2.48. The number of nitrogens with one attached hydrogen (secondary N) is 1. The zero-order valence-corrected chi connectivity index (χ0v) is 11.8. The Balaban J connectivity index is 2.11. The van der Waals surface area contributed by atoms with Crippen LogP contribution >= 0.6 is 15.9 Å². The number of carboxylic acid groups (broad SMARTS) is 1. The molecule has 102 valence electrons. The molecule has 5 nitrogen and oxygen atoms in total. The van der Waals surface area contributed by atoms with Crippen molar-refractivity contribution < 1.29 is 19.1 Å². The minimum Gasteiger partial charge on any atom is -0.478 e. The second kappa shape index (κ2) is 6.21. The highest BCUT2D eigenvalue weighted by molar-refractivity contribution is 9.10. The summed E-state index contributed by atoms with van der Waals surface area (Å²) >= 11 is 3.12. The molecule has 0 spiro atoms. The molecule has 0 bridgehead atoms. The van der Waals surface area contributed by atoms with Gasteiger partial charge in [-0.25, -0.2) is 4.79 Å². The monoisotopic (exact) mass is 335 g/mol. The van der Waals surface area contributed by atoms with E-state index in [-0.39, 0.29) is 11.7 Å². The van der Waals surface area contributed by atoms with Gasteiger partial charge in [-0.15, -0.1) is 0 Å². The van der Waals surface area contributed by atoms with E-state index >= 15 is 0 Å². The van der Waals surface area contributed by atoms with Crippen molar-refractivity contribution in [3.63, 3.8) is 0 Å². The van der Waals surface area contributed by atoms with Crippen LogP contribution < -0.4 is 5.32 Å². The summed E-state index contributed by atoms with van der Waals surface area (Å²) < 4.78 is 5.61. The lowest BCUT2D eigenvalue weighted by atomic mass is 10.2. The van der Waals surface area contributed by atoms with Gasteiger partial charge in [0.2, 0.25) is 0 Å². The molecule has 1 aromatic carbocycles. The van der Waals surface area contributed by atoms with Gasteiger partial charge in [-0.2, -0.15) is 0 Å². The fourth-order valence-electron chi connectivity index (χ4n) is 1.52. The number of carboxylic acids is 1. The first kappa shape index (κ1) is 14.1. The van der Waals surface area contributed by atoms with Gasteiger partial charge in [0.25, 0.3) is 5.91 Å². The van der Waals surface area contributed by atoms with Crippen LogP contribution in [0.25, 0.3) is 6.08 Å².